The molecule has 2 rings (SSSR count). The van der Waals surface area contributed by atoms with Gasteiger partial charge in [-0.1, -0.05) is 37.4 Å². The van der Waals surface area contributed by atoms with Crippen molar-refractivity contribution < 1.29 is 9.59 Å². The average molecular weight is 284 g/mol. The van der Waals surface area contributed by atoms with Gasteiger partial charge in [-0.3, -0.25) is 14.5 Å². The third kappa shape index (κ3) is 3.20. The molecule has 0 aromatic carbocycles. The fourth-order valence-corrected chi connectivity index (χ4v) is 3.58. The van der Waals surface area contributed by atoms with Crippen LogP contribution in [0, 0.1) is 0 Å². The van der Waals surface area contributed by atoms with Crippen LogP contribution in [-0.2, 0) is 9.59 Å². The van der Waals surface area contributed by atoms with E-state index in [2.05, 4.69) is 5.10 Å². The first-order valence-electron chi connectivity index (χ1n) is 6.69. The van der Waals surface area contributed by atoms with E-state index in [1.54, 1.807) is 0 Å². The second-order valence-electron chi connectivity index (χ2n) is 5.03. The monoisotopic (exact) mass is 284 g/mol. The lowest BCUT2D eigenvalue weighted by Crippen LogP contribution is -2.40. The molecule has 1 saturated carbocycles. The summed E-state index contributed by atoms with van der Waals surface area (Å²) in [6.45, 7) is 0. The van der Waals surface area contributed by atoms with Crippen LogP contribution in [0.4, 0.5) is 0 Å². The molecule has 6 nitrogen and oxygen atoms in total. The van der Waals surface area contributed by atoms with Crippen molar-refractivity contribution in [3.63, 3.8) is 0 Å². The van der Waals surface area contributed by atoms with E-state index in [-0.39, 0.29) is 29.4 Å². The zero-order valence-corrected chi connectivity index (χ0v) is 11.7. The number of nitrogens with zero attached hydrogens (tertiary/aromatic N) is 2. The minimum atomic E-state index is -0.456. The summed E-state index contributed by atoms with van der Waals surface area (Å²) in [6.07, 6.45) is 6.62. The number of hydrogen-bond donors (Lipinski definition) is 2. The maximum absolute atomic E-state index is 12.3. The summed E-state index contributed by atoms with van der Waals surface area (Å²) in [5, 5.41) is 3.03. The Balaban J connectivity index is 2.05. The first kappa shape index (κ1) is 14.2. The fraction of sp³-hybridized carbons (Fsp3) is 0.750. The molecule has 4 N–H and O–H groups in total. The molecule has 2 aliphatic rings. The fourth-order valence-electron chi connectivity index (χ4n) is 2.79. The van der Waals surface area contributed by atoms with Crippen LogP contribution in [0.3, 0.4) is 0 Å². The Morgan fingerprint density at radius 2 is 1.84 bits per heavy atom. The molecule has 7 heteroatoms. The molecule has 0 aromatic heterocycles. The molecule has 19 heavy (non-hydrogen) atoms. The third-order valence-corrected chi connectivity index (χ3v) is 4.72. The van der Waals surface area contributed by atoms with Crippen LogP contribution < -0.4 is 11.6 Å². The number of rotatable bonds is 2. The first-order valence-corrected chi connectivity index (χ1v) is 7.57. The standard InChI is InChI=1S/C12H20N4O2S/c13-12(15-14)19-9-7-10(17)16(11(9)18)8-5-3-1-2-4-6-8/h8-9H,1-7,14H2,(H2,13,15). The molecule has 2 amide bonds. The Kier molecular flexibility index (Phi) is 4.68. The van der Waals surface area contributed by atoms with E-state index < -0.39 is 5.25 Å². The summed E-state index contributed by atoms with van der Waals surface area (Å²) in [4.78, 5) is 25.8. The predicted octanol–water partition coefficient (Wildman–Crippen LogP) is 0.758. The number of hydrazone groups is 1. The first-order chi connectivity index (χ1) is 9.13. The van der Waals surface area contributed by atoms with E-state index in [1.165, 1.54) is 17.7 Å². The van der Waals surface area contributed by atoms with Crippen LogP contribution in [0.25, 0.3) is 0 Å². The van der Waals surface area contributed by atoms with Gasteiger partial charge in [0.2, 0.25) is 11.8 Å². The number of amides is 2. The van der Waals surface area contributed by atoms with Gasteiger partial charge >= 0.3 is 0 Å². The average Bonchev–Trinajstić information content (AvgIpc) is 2.62. The van der Waals surface area contributed by atoms with Gasteiger partial charge in [0.1, 0.15) is 5.25 Å². The smallest absolute Gasteiger partial charge is 0.243 e. The largest absolute Gasteiger partial charge is 0.377 e. The van der Waals surface area contributed by atoms with Crippen LogP contribution in [0.15, 0.2) is 5.10 Å². The highest BCUT2D eigenvalue weighted by atomic mass is 32.2. The summed E-state index contributed by atoms with van der Waals surface area (Å²) in [5.41, 5.74) is 5.52. The Hall–Kier alpha value is -1.24. The number of imide groups is 1. The third-order valence-electron chi connectivity index (χ3n) is 3.72. The molecule has 0 aromatic rings. The molecular weight excluding hydrogens is 264 g/mol. The number of carbonyl (C=O) groups excluding carboxylic acids is 2. The van der Waals surface area contributed by atoms with Gasteiger partial charge in [-0.05, 0) is 12.8 Å². The van der Waals surface area contributed by atoms with Crippen molar-refractivity contribution in [2.24, 2.45) is 16.7 Å². The summed E-state index contributed by atoms with van der Waals surface area (Å²) in [7, 11) is 0. The Bertz CT molecular complexity index is 391. The van der Waals surface area contributed by atoms with Crippen LogP contribution in [0.5, 0.6) is 0 Å². The van der Waals surface area contributed by atoms with Gasteiger partial charge in [-0.25, -0.2) is 0 Å². The molecule has 2 fully saturated rings. The van der Waals surface area contributed by atoms with Crippen molar-refractivity contribution in [1.82, 2.24) is 4.90 Å². The molecule has 0 spiro atoms. The van der Waals surface area contributed by atoms with Crippen molar-refractivity contribution in [3.8, 4) is 0 Å². The van der Waals surface area contributed by atoms with Crippen LogP contribution in [0.1, 0.15) is 44.9 Å². The SMILES string of the molecule is NN=C(N)SC1CC(=O)N(C2CCCCCC2)C1=O. The van der Waals surface area contributed by atoms with Crippen molar-refractivity contribution in [1.29, 1.82) is 0 Å². The number of likely N-dealkylation sites (tertiary alicyclic amines) is 1. The number of hydrogen-bond acceptors (Lipinski definition) is 5. The normalized spacial score (nSPS) is 26.8. The van der Waals surface area contributed by atoms with Gasteiger partial charge in [0, 0.05) is 12.5 Å². The zero-order valence-electron chi connectivity index (χ0n) is 10.9. The molecule has 1 saturated heterocycles. The summed E-state index contributed by atoms with van der Waals surface area (Å²) < 4.78 is 0. The van der Waals surface area contributed by atoms with Gasteiger partial charge in [0.05, 0.1) is 0 Å². The molecule has 1 aliphatic carbocycles. The number of carbonyl (C=O) groups is 2. The Morgan fingerprint density at radius 3 is 2.42 bits per heavy atom. The molecule has 1 heterocycles. The van der Waals surface area contributed by atoms with E-state index >= 15 is 0 Å². The van der Waals surface area contributed by atoms with Crippen molar-refractivity contribution in [3.05, 3.63) is 0 Å². The van der Waals surface area contributed by atoms with Gasteiger partial charge in [0.15, 0.2) is 5.17 Å². The predicted molar refractivity (Wildman–Crippen MR) is 75.1 cm³/mol. The van der Waals surface area contributed by atoms with Gasteiger partial charge in [-0.2, -0.15) is 5.10 Å². The summed E-state index contributed by atoms with van der Waals surface area (Å²) in [6, 6.07) is 0.0733. The second kappa shape index (κ2) is 6.27. The minimum Gasteiger partial charge on any atom is -0.377 e. The Labute approximate surface area is 116 Å². The van der Waals surface area contributed by atoms with E-state index in [9.17, 15) is 9.59 Å². The van der Waals surface area contributed by atoms with Crippen LogP contribution >= 0.6 is 11.8 Å². The van der Waals surface area contributed by atoms with Crippen LogP contribution in [-0.4, -0.2) is 33.2 Å². The lowest BCUT2D eigenvalue weighted by atomic mass is 10.1. The molecule has 106 valence electrons. The highest BCUT2D eigenvalue weighted by molar-refractivity contribution is 8.14. The van der Waals surface area contributed by atoms with Gasteiger partial charge in [-0.15, -0.1) is 0 Å². The quantitative estimate of drug-likeness (QED) is 0.195. The molecule has 0 bridgehead atoms. The zero-order chi connectivity index (χ0) is 13.8. The van der Waals surface area contributed by atoms with E-state index in [0.29, 0.717) is 0 Å². The van der Waals surface area contributed by atoms with Crippen LogP contribution in [0.2, 0.25) is 0 Å². The lowest BCUT2D eigenvalue weighted by Gasteiger charge is -2.25. The highest BCUT2D eigenvalue weighted by Crippen LogP contribution is 2.31. The highest BCUT2D eigenvalue weighted by Gasteiger charge is 2.42. The summed E-state index contributed by atoms with van der Waals surface area (Å²) >= 11 is 1.08. The maximum Gasteiger partial charge on any atom is 0.243 e. The van der Waals surface area contributed by atoms with E-state index in [1.807, 2.05) is 0 Å². The van der Waals surface area contributed by atoms with Gasteiger partial charge in [0.25, 0.3) is 0 Å². The topological polar surface area (TPSA) is 102 Å². The lowest BCUT2D eigenvalue weighted by molar-refractivity contribution is -0.141. The Morgan fingerprint density at radius 1 is 1.21 bits per heavy atom. The molecular formula is C12H20N4O2S. The minimum absolute atomic E-state index is 0.0733. The van der Waals surface area contributed by atoms with Gasteiger partial charge < -0.3 is 11.6 Å². The maximum atomic E-state index is 12.3. The number of amidine groups is 1. The van der Waals surface area contributed by atoms with E-state index in [0.717, 1.165) is 37.4 Å². The van der Waals surface area contributed by atoms with E-state index in [4.69, 9.17) is 11.6 Å². The molecule has 1 unspecified atom stereocenters. The molecule has 1 atom stereocenters. The van der Waals surface area contributed by atoms with Crippen molar-refractivity contribution in [2.45, 2.75) is 56.2 Å². The molecule has 1 aliphatic heterocycles. The van der Waals surface area contributed by atoms with Crippen molar-refractivity contribution in [2.75, 3.05) is 0 Å². The summed E-state index contributed by atoms with van der Waals surface area (Å²) in [5.74, 6) is 4.85. The number of nitrogens with two attached hydrogens (primary N) is 2. The van der Waals surface area contributed by atoms with Crippen molar-refractivity contribution >= 4 is 28.7 Å². The second-order valence-corrected chi connectivity index (χ2v) is 6.25. The molecule has 0 radical (unpaired) electrons. The number of thioether (sulfide) groups is 1.